The summed E-state index contributed by atoms with van der Waals surface area (Å²) in [5, 5.41) is -0.334. The lowest BCUT2D eigenvalue weighted by Crippen LogP contribution is -2.48. The molecule has 1 aliphatic carbocycles. The van der Waals surface area contributed by atoms with Crippen LogP contribution in [0.4, 0.5) is 0 Å². The van der Waals surface area contributed by atoms with Crippen LogP contribution in [0.1, 0.15) is 6.42 Å². The zero-order valence-electron chi connectivity index (χ0n) is 3.87. The number of hydrogen-bond donors (Lipinski definition) is 0. The molecule has 0 spiro atoms. The van der Waals surface area contributed by atoms with E-state index in [1.807, 2.05) is 0 Å². The first-order valence-electron chi connectivity index (χ1n) is 2.20. The average molecular weight is 194 g/mol. The smallest absolute Gasteiger partial charge is 0.121 e. The van der Waals surface area contributed by atoms with Crippen molar-refractivity contribution < 1.29 is 0 Å². The monoisotopic (exact) mass is 192 g/mol. The third kappa shape index (κ3) is 1.04. The van der Waals surface area contributed by atoms with E-state index < -0.39 is 4.33 Å². The Morgan fingerprint density at radius 2 is 1.75 bits per heavy atom. The SMILES string of the molecule is ClC1CC(Cl)(Cl)C1Cl. The van der Waals surface area contributed by atoms with Gasteiger partial charge < -0.3 is 0 Å². The maximum atomic E-state index is 5.60. The predicted molar refractivity (Wildman–Crippen MR) is 38.3 cm³/mol. The summed E-state index contributed by atoms with van der Waals surface area (Å²) in [4.78, 5) is 0. The van der Waals surface area contributed by atoms with E-state index in [9.17, 15) is 0 Å². The lowest BCUT2D eigenvalue weighted by molar-refractivity contribution is 0.486. The van der Waals surface area contributed by atoms with Gasteiger partial charge in [-0.3, -0.25) is 0 Å². The van der Waals surface area contributed by atoms with Gasteiger partial charge in [-0.25, -0.2) is 0 Å². The van der Waals surface area contributed by atoms with Gasteiger partial charge in [-0.15, -0.1) is 23.2 Å². The molecule has 0 bridgehead atoms. The molecule has 2 atom stereocenters. The third-order valence-corrected chi connectivity index (χ3v) is 3.40. The van der Waals surface area contributed by atoms with Crippen LogP contribution in [-0.4, -0.2) is 15.1 Å². The van der Waals surface area contributed by atoms with Crippen molar-refractivity contribution >= 4 is 46.4 Å². The molecule has 2 unspecified atom stereocenters. The zero-order chi connectivity index (χ0) is 6.36. The van der Waals surface area contributed by atoms with E-state index in [0.29, 0.717) is 6.42 Å². The van der Waals surface area contributed by atoms with E-state index in [-0.39, 0.29) is 10.8 Å². The first kappa shape index (κ1) is 7.27. The minimum atomic E-state index is -0.770. The molecule has 1 saturated carbocycles. The van der Waals surface area contributed by atoms with E-state index >= 15 is 0 Å². The molecule has 0 aromatic heterocycles. The summed E-state index contributed by atoms with van der Waals surface area (Å²) in [5.74, 6) is 0. The lowest BCUT2D eigenvalue weighted by atomic mass is 9.97. The van der Waals surface area contributed by atoms with Crippen molar-refractivity contribution in [2.24, 2.45) is 0 Å². The van der Waals surface area contributed by atoms with Gasteiger partial charge >= 0.3 is 0 Å². The van der Waals surface area contributed by atoms with Crippen molar-refractivity contribution in [3.63, 3.8) is 0 Å². The first-order valence-corrected chi connectivity index (χ1v) is 3.83. The molecule has 0 aromatic rings. The van der Waals surface area contributed by atoms with Crippen LogP contribution in [0.25, 0.3) is 0 Å². The predicted octanol–water partition coefficient (Wildman–Crippen LogP) is 2.78. The summed E-state index contributed by atoms with van der Waals surface area (Å²) < 4.78 is -0.770. The number of hydrogen-bond acceptors (Lipinski definition) is 0. The molecule has 0 aromatic carbocycles. The molecule has 0 radical (unpaired) electrons. The summed E-state index contributed by atoms with van der Waals surface area (Å²) in [6, 6.07) is 0. The minimum absolute atomic E-state index is 0.0494. The Morgan fingerprint density at radius 1 is 1.25 bits per heavy atom. The molecule has 1 aliphatic rings. The fourth-order valence-electron chi connectivity index (χ4n) is 0.580. The van der Waals surface area contributed by atoms with Crippen molar-refractivity contribution in [3.05, 3.63) is 0 Å². The number of rotatable bonds is 0. The van der Waals surface area contributed by atoms with Crippen LogP contribution in [-0.2, 0) is 0 Å². The minimum Gasteiger partial charge on any atom is -0.121 e. The van der Waals surface area contributed by atoms with E-state index in [1.54, 1.807) is 0 Å². The van der Waals surface area contributed by atoms with Crippen molar-refractivity contribution in [2.75, 3.05) is 0 Å². The highest BCUT2D eigenvalue weighted by Gasteiger charge is 2.50. The van der Waals surface area contributed by atoms with Crippen molar-refractivity contribution in [2.45, 2.75) is 21.5 Å². The summed E-state index contributed by atoms with van der Waals surface area (Å²) in [6.45, 7) is 0. The van der Waals surface area contributed by atoms with Crippen LogP contribution >= 0.6 is 46.4 Å². The molecular formula is C4H4Cl4. The second-order valence-electron chi connectivity index (χ2n) is 1.88. The van der Waals surface area contributed by atoms with Crippen molar-refractivity contribution in [1.29, 1.82) is 0 Å². The number of alkyl halides is 4. The van der Waals surface area contributed by atoms with Gasteiger partial charge in [-0.05, 0) is 6.42 Å². The highest BCUT2D eigenvalue weighted by Crippen LogP contribution is 2.48. The zero-order valence-corrected chi connectivity index (χ0v) is 6.90. The fourth-order valence-corrected chi connectivity index (χ4v) is 2.14. The highest BCUT2D eigenvalue weighted by atomic mass is 35.5. The Hall–Kier alpha value is 1.16. The first-order chi connectivity index (χ1) is 3.54. The fraction of sp³-hybridized carbons (Fsp3) is 1.00. The molecular weight excluding hydrogens is 190 g/mol. The molecule has 48 valence electrons. The van der Waals surface area contributed by atoms with E-state index in [2.05, 4.69) is 0 Å². The summed E-state index contributed by atoms with van der Waals surface area (Å²) in [6.07, 6.45) is 0.589. The largest absolute Gasteiger partial charge is 0.137 e. The van der Waals surface area contributed by atoms with Crippen LogP contribution in [0.15, 0.2) is 0 Å². The van der Waals surface area contributed by atoms with Gasteiger partial charge in [0.15, 0.2) is 0 Å². The van der Waals surface area contributed by atoms with Crippen LogP contribution in [0.3, 0.4) is 0 Å². The standard InChI is InChI=1S/C4H4Cl4/c5-2-1-4(7,8)3(2)6/h2-3H,1H2. The van der Waals surface area contributed by atoms with Gasteiger partial charge in [0.2, 0.25) is 0 Å². The Morgan fingerprint density at radius 3 is 1.75 bits per heavy atom. The Balaban J connectivity index is 2.47. The molecule has 0 aliphatic heterocycles. The average Bonchev–Trinajstić information content (AvgIpc) is 1.65. The van der Waals surface area contributed by atoms with E-state index in [0.717, 1.165) is 0 Å². The van der Waals surface area contributed by atoms with Crippen LogP contribution < -0.4 is 0 Å². The quantitative estimate of drug-likeness (QED) is 0.520. The molecule has 1 rings (SSSR count). The summed E-state index contributed by atoms with van der Waals surface area (Å²) in [5.41, 5.74) is 0. The maximum absolute atomic E-state index is 5.60. The third-order valence-electron chi connectivity index (χ3n) is 1.19. The van der Waals surface area contributed by atoms with Gasteiger partial charge in [-0.2, -0.15) is 0 Å². The second-order valence-corrected chi connectivity index (χ2v) is 4.46. The second kappa shape index (κ2) is 2.09. The van der Waals surface area contributed by atoms with Gasteiger partial charge in [0, 0.05) is 0 Å². The summed E-state index contributed by atoms with van der Waals surface area (Å²) in [7, 11) is 0. The van der Waals surface area contributed by atoms with Gasteiger partial charge in [0.1, 0.15) is 4.33 Å². The highest BCUT2D eigenvalue weighted by molar-refractivity contribution is 6.55. The maximum Gasteiger partial charge on any atom is 0.137 e. The van der Waals surface area contributed by atoms with Crippen molar-refractivity contribution in [1.82, 2.24) is 0 Å². The Labute approximate surface area is 68.0 Å². The Kier molecular flexibility index (Phi) is 1.90. The number of halogens is 4. The summed E-state index contributed by atoms with van der Waals surface area (Å²) >= 11 is 22.4. The van der Waals surface area contributed by atoms with Crippen LogP contribution in [0.5, 0.6) is 0 Å². The van der Waals surface area contributed by atoms with Gasteiger partial charge in [-0.1, -0.05) is 23.2 Å². The lowest BCUT2D eigenvalue weighted by Gasteiger charge is -2.39. The van der Waals surface area contributed by atoms with Crippen LogP contribution in [0.2, 0.25) is 0 Å². The Bertz CT molecular complexity index is 100. The molecule has 0 heterocycles. The molecule has 1 fully saturated rings. The molecule has 0 amide bonds. The van der Waals surface area contributed by atoms with Gasteiger partial charge in [0.05, 0.1) is 10.8 Å². The van der Waals surface area contributed by atoms with Crippen LogP contribution in [0, 0.1) is 0 Å². The molecule has 0 saturated heterocycles. The van der Waals surface area contributed by atoms with Gasteiger partial charge in [0.25, 0.3) is 0 Å². The van der Waals surface area contributed by atoms with E-state index in [1.165, 1.54) is 0 Å². The molecule has 4 heteroatoms. The normalized spacial score (nSPS) is 43.5. The van der Waals surface area contributed by atoms with Crippen molar-refractivity contribution in [3.8, 4) is 0 Å². The molecule has 0 nitrogen and oxygen atoms in total. The topological polar surface area (TPSA) is 0 Å². The molecule has 0 N–H and O–H groups in total. The van der Waals surface area contributed by atoms with E-state index in [4.69, 9.17) is 46.4 Å². The molecule has 8 heavy (non-hydrogen) atoms.